The van der Waals surface area contributed by atoms with E-state index in [0.717, 1.165) is 25.3 Å². The first-order valence-corrected chi connectivity index (χ1v) is 7.75. The number of likely N-dealkylation sites (tertiary alicyclic amines) is 1. The fourth-order valence-corrected chi connectivity index (χ4v) is 2.98. The molecule has 1 aromatic carbocycles. The second-order valence-electron chi connectivity index (χ2n) is 5.58. The van der Waals surface area contributed by atoms with Gasteiger partial charge in [0.05, 0.1) is 5.69 Å². The van der Waals surface area contributed by atoms with Crippen LogP contribution >= 0.6 is 0 Å². The van der Waals surface area contributed by atoms with Crippen molar-refractivity contribution < 1.29 is 0 Å². The summed E-state index contributed by atoms with van der Waals surface area (Å²) in [5.41, 5.74) is 2.36. The van der Waals surface area contributed by atoms with Crippen molar-refractivity contribution in [2.45, 2.75) is 32.4 Å². The Morgan fingerprint density at radius 2 is 2.24 bits per heavy atom. The largest absolute Gasteiger partial charge is 0.309 e. The first-order chi connectivity index (χ1) is 10.4. The van der Waals surface area contributed by atoms with Crippen LogP contribution in [-0.2, 0) is 6.54 Å². The Morgan fingerprint density at radius 3 is 3.05 bits per heavy atom. The van der Waals surface area contributed by atoms with Crippen molar-refractivity contribution in [3.8, 4) is 5.69 Å². The quantitative estimate of drug-likeness (QED) is 0.910. The third-order valence-electron chi connectivity index (χ3n) is 4.19. The predicted molar refractivity (Wildman–Crippen MR) is 83.3 cm³/mol. The maximum Gasteiger partial charge on any atom is 0.138 e. The van der Waals surface area contributed by atoms with Crippen LogP contribution in [0.1, 0.15) is 25.3 Å². The van der Waals surface area contributed by atoms with Gasteiger partial charge in [-0.25, -0.2) is 9.67 Å². The number of hydrogen-bond donors (Lipinski definition) is 1. The molecule has 21 heavy (non-hydrogen) atoms. The van der Waals surface area contributed by atoms with Crippen molar-refractivity contribution in [2.24, 2.45) is 0 Å². The van der Waals surface area contributed by atoms with Gasteiger partial charge in [-0.1, -0.05) is 25.1 Å². The molecule has 0 spiro atoms. The molecule has 3 rings (SSSR count). The summed E-state index contributed by atoms with van der Waals surface area (Å²) >= 11 is 0. The second-order valence-corrected chi connectivity index (χ2v) is 5.58. The SMILES string of the molecule is CCN1CCC[C@@H](NCc2ccccc2-n2cncn2)C1. The van der Waals surface area contributed by atoms with E-state index in [1.165, 1.54) is 24.9 Å². The molecule has 2 aromatic rings. The van der Waals surface area contributed by atoms with Crippen LogP contribution in [-0.4, -0.2) is 45.3 Å². The highest BCUT2D eigenvalue weighted by Gasteiger charge is 2.18. The van der Waals surface area contributed by atoms with Crippen LogP contribution < -0.4 is 5.32 Å². The molecule has 2 heterocycles. The molecule has 5 nitrogen and oxygen atoms in total. The number of para-hydroxylation sites is 1. The smallest absolute Gasteiger partial charge is 0.138 e. The molecule has 0 unspecified atom stereocenters. The average molecular weight is 285 g/mol. The van der Waals surface area contributed by atoms with Crippen molar-refractivity contribution in [3.63, 3.8) is 0 Å². The Labute approximate surface area is 126 Å². The minimum absolute atomic E-state index is 0.586. The highest BCUT2D eigenvalue weighted by atomic mass is 15.3. The number of hydrogen-bond acceptors (Lipinski definition) is 4. The number of nitrogens with zero attached hydrogens (tertiary/aromatic N) is 4. The molecule has 0 amide bonds. The van der Waals surface area contributed by atoms with Crippen LogP contribution in [0, 0.1) is 0 Å². The third kappa shape index (κ3) is 3.49. The van der Waals surface area contributed by atoms with Gasteiger partial charge in [0.25, 0.3) is 0 Å². The molecule has 5 heteroatoms. The van der Waals surface area contributed by atoms with Gasteiger partial charge in [0.1, 0.15) is 12.7 Å². The number of aromatic nitrogens is 3. The van der Waals surface area contributed by atoms with E-state index in [-0.39, 0.29) is 0 Å². The molecule has 1 atom stereocenters. The summed E-state index contributed by atoms with van der Waals surface area (Å²) < 4.78 is 1.83. The predicted octanol–water partition coefficient (Wildman–Crippen LogP) is 1.84. The molecule has 0 bridgehead atoms. The van der Waals surface area contributed by atoms with E-state index in [4.69, 9.17) is 0 Å². The maximum absolute atomic E-state index is 4.24. The standard InChI is InChI=1S/C16H23N5/c1-2-20-9-5-7-15(11-20)18-10-14-6-3-4-8-16(14)21-13-17-12-19-21/h3-4,6,8,12-13,15,18H,2,5,7,9-11H2,1H3/t15-/m1/s1. The summed E-state index contributed by atoms with van der Waals surface area (Å²) in [7, 11) is 0. The fraction of sp³-hybridized carbons (Fsp3) is 0.500. The van der Waals surface area contributed by atoms with Crippen molar-refractivity contribution in [3.05, 3.63) is 42.5 Å². The highest BCUT2D eigenvalue weighted by Crippen LogP contribution is 2.15. The van der Waals surface area contributed by atoms with E-state index in [1.807, 2.05) is 10.7 Å². The van der Waals surface area contributed by atoms with E-state index in [2.05, 4.69) is 45.4 Å². The van der Waals surface area contributed by atoms with Gasteiger partial charge in [0, 0.05) is 19.1 Å². The highest BCUT2D eigenvalue weighted by molar-refractivity contribution is 5.39. The summed E-state index contributed by atoms with van der Waals surface area (Å²) in [4.78, 5) is 6.55. The van der Waals surface area contributed by atoms with Gasteiger partial charge in [-0.2, -0.15) is 5.10 Å². The molecule has 0 aliphatic carbocycles. The van der Waals surface area contributed by atoms with Crippen molar-refractivity contribution in [1.29, 1.82) is 0 Å². The topological polar surface area (TPSA) is 46.0 Å². The number of benzene rings is 1. The summed E-state index contributed by atoms with van der Waals surface area (Å²) in [6, 6.07) is 8.95. The molecular weight excluding hydrogens is 262 g/mol. The Morgan fingerprint density at radius 1 is 1.33 bits per heavy atom. The third-order valence-corrected chi connectivity index (χ3v) is 4.19. The molecular formula is C16H23N5. The Hall–Kier alpha value is -1.72. The summed E-state index contributed by atoms with van der Waals surface area (Å²) in [5.74, 6) is 0. The zero-order chi connectivity index (χ0) is 14.5. The molecule has 1 aliphatic heterocycles. The van der Waals surface area contributed by atoms with E-state index >= 15 is 0 Å². The van der Waals surface area contributed by atoms with Crippen LogP contribution in [0.2, 0.25) is 0 Å². The number of piperidine rings is 1. The summed E-state index contributed by atoms with van der Waals surface area (Å²) in [5, 5.41) is 7.94. The van der Waals surface area contributed by atoms with Crippen molar-refractivity contribution >= 4 is 0 Å². The molecule has 1 N–H and O–H groups in total. The molecule has 1 fully saturated rings. The first-order valence-electron chi connectivity index (χ1n) is 7.75. The van der Waals surface area contributed by atoms with Gasteiger partial charge >= 0.3 is 0 Å². The monoisotopic (exact) mass is 285 g/mol. The summed E-state index contributed by atoms with van der Waals surface area (Å²) in [6.45, 7) is 6.65. The number of rotatable bonds is 5. The Kier molecular flexibility index (Phi) is 4.62. The fourth-order valence-electron chi connectivity index (χ4n) is 2.98. The van der Waals surface area contributed by atoms with E-state index in [1.54, 1.807) is 12.7 Å². The van der Waals surface area contributed by atoms with Crippen molar-refractivity contribution in [2.75, 3.05) is 19.6 Å². The van der Waals surface area contributed by atoms with Gasteiger partial charge < -0.3 is 10.2 Å². The second kappa shape index (κ2) is 6.83. The normalized spacial score (nSPS) is 19.8. The zero-order valence-electron chi connectivity index (χ0n) is 12.6. The van der Waals surface area contributed by atoms with Gasteiger partial charge in [0.15, 0.2) is 0 Å². The molecule has 1 aromatic heterocycles. The van der Waals surface area contributed by atoms with Crippen molar-refractivity contribution in [1.82, 2.24) is 25.0 Å². The molecule has 1 aliphatic rings. The molecule has 1 saturated heterocycles. The van der Waals surface area contributed by atoms with Gasteiger partial charge in [-0.3, -0.25) is 0 Å². The number of nitrogens with one attached hydrogen (secondary N) is 1. The molecule has 0 saturated carbocycles. The first kappa shape index (κ1) is 14.2. The minimum Gasteiger partial charge on any atom is -0.309 e. The number of likely N-dealkylation sites (N-methyl/N-ethyl adjacent to an activating group) is 1. The van der Waals surface area contributed by atoms with E-state index in [0.29, 0.717) is 6.04 Å². The lowest BCUT2D eigenvalue weighted by Gasteiger charge is -2.32. The lowest BCUT2D eigenvalue weighted by atomic mass is 10.1. The lowest BCUT2D eigenvalue weighted by Crippen LogP contribution is -2.45. The van der Waals surface area contributed by atoms with Crippen LogP contribution in [0.5, 0.6) is 0 Å². The average Bonchev–Trinajstić information content (AvgIpc) is 3.08. The van der Waals surface area contributed by atoms with Crippen LogP contribution in [0.15, 0.2) is 36.9 Å². The Bertz CT molecular complexity index is 552. The van der Waals surface area contributed by atoms with E-state index < -0.39 is 0 Å². The van der Waals surface area contributed by atoms with Crippen LogP contribution in [0.25, 0.3) is 5.69 Å². The Balaban J connectivity index is 1.66. The molecule has 112 valence electrons. The van der Waals surface area contributed by atoms with Gasteiger partial charge in [-0.05, 0) is 37.6 Å². The lowest BCUT2D eigenvalue weighted by molar-refractivity contribution is 0.198. The van der Waals surface area contributed by atoms with Crippen LogP contribution in [0.3, 0.4) is 0 Å². The van der Waals surface area contributed by atoms with E-state index in [9.17, 15) is 0 Å². The van der Waals surface area contributed by atoms with Gasteiger partial charge in [-0.15, -0.1) is 0 Å². The molecule has 0 radical (unpaired) electrons. The minimum atomic E-state index is 0.586. The zero-order valence-corrected chi connectivity index (χ0v) is 12.6. The van der Waals surface area contributed by atoms with Crippen LogP contribution in [0.4, 0.5) is 0 Å². The van der Waals surface area contributed by atoms with Gasteiger partial charge in [0.2, 0.25) is 0 Å². The summed E-state index contributed by atoms with van der Waals surface area (Å²) in [6.07, 6.45) is 5.88. The maximum atomic E-state index is 4.24.